The summed E-state index contributed by atoms with van der Waals surface area (Å²) in [5.74, 6) is -0.0653. The molecule has 2 N–H and O–H groups in total. The van der Waals surface area contributed by atoms with Gasteiger partial charge in [0, 0.05) is 11.3 Å². The van der Waals surface area contributed by atoms with Crippen molar-refractivity contribution in [3.63, 3.8) is 0 Å². The first-order valence-corrected chi connectivity index (χ1v) is 9.08. The van der Waals surface area contributed by atoms with Crippen LogP contribution < -0.4 is 15.5 Å². The second kappa shape index (κ2) is 9.52. The van der Waals surface area contributed by atoms with Crippen LogP contribution in [0.3, 0.4) is 0 Å². The highest BCUT2D eigenvalue weighted by atomic mass is 35.5. The summed E-state index contributed by atoms with van der Waals surface area (Å²) in [6.45, 7) is 0. The molecule has 0 saturated heterocycles. The lowest BCUT2D eigenvalue weighted by Gasteiger charge is -2.08. The van der Waals surface area contributed by atoms with Gasteiger partial charge < -0.3 is 10.1 Å². The smallest absolute Gasteiger partial charge is 0.271 e. The zero-order valence-electron chi connectivity index (χ0n) is 15.6. The van der Waals surface area contributed by atoms with Crippen LogP contribution in [0.25, 0.3) is 0 Å². The summed E-state index contributed by atoms with van der Waals surface area (Å²) in [7, 11) is 1.58. The van der Waals surface area contributed by atoms with Crippen molar-refractivity contribution in [2.45, 2.75) is 0 Å². The van der Waals surface area contributed by atoms with E-state index in [1.807, 2.05) is 18.2 Å². The third kappa shape index (κ3) is 5.43. The number of nitrogens with zero attached hydrogens (tertiary/aromatic N) is 1. The molecule has 0 atom stereocenters. The average Bonchev–Trinajstić information content (AvgIpc) is 2.74. The van der Waals surface area contributed by atoms with Gasteiger partial charge in [-0.1, -0.05) is 41.9 Å². The molecule has 0 fully saturated rings. The predicted molar refractivity (Wildman–Crippen MR) is 114 cm³/mol. The Labute approximate surface area is 173 Å². The third-order valence-electron chi connectivity index (χ3n) is 3.97. The van der Waals surface area contributed by atoms with Crippen molar-refractivity contribution < 1.29 is 14.3 Å². The minimum atomic E-state index is -0.405. The molecular weight excluding hydrogens is 390 g/mol. The van der Waals surface area contributed by atoms with Crippen LogP contribution in [-0.2, 0) is 0 Å². The molecule has 0 spiro atoms. The zero-order valence-corrected chi connectivity index (χ0v) is 16.3. The minimum absolute atomic E-state index is 0.352. The Morgan fingerprint density at radius 2 is 1.76 bits per heavy atom. The predicted octanol–water partition coefficient (Wildman–Crippen LogP) is 4.36. The van der Waals surface area contributed by atoms with E-state index in [1.165, 1.54) is 6.21 Å². The van der Waals surface area contributed by atoms with E-state index in [2.05, 4.69) is 15.8 Å². The lowest BCUT2D eigenvalue weighted by Crippen LogP contribution is -2.18. The molecule has 7 heteroatoms. The van der Waals surface area contributed by atoms with Crippen molar-refractivity contribution in [3.8, 4) is 5.75 Å². The van der Waals surface area contributed by atoms with Gasteiger partial charge in [-0.05, 0) is 48.0 Å². The molecule has 0 bridgehead atoms. The second-order valence-electron chi connectivity index (χ2n) is 5.99. The largest absolute Gasteiger partial charge is 0.497 e. The van der Waals surface area contributed by atoms with Gasteiger partial charge in [0.15, 0.2) is 0 Å². The van der Waals surface area contributed by atoms with Gasteiger partial charge >= 0.3 is 0 Å². The molecule has 0 unspecified atom stereocenters. The molecule has 0 aliphatic heterocycles. The van der Waals surface area contributed by atoms with Crippen LogP contribution in [0.1, 0.15) is 26.3 Å². The number of amides is 2. The highest BCUT2D eigenvalue weighted by molar-refractivity contribution is 6.34. The maximum absolute atomic E-state index is 12.4. The number of rotatable bonds is 6. The van der Waals surface area contributed by atoms with Gasteiger partial charge in [-0.2, -0.15) is 5.10 Å². The number of halogens is 1. The number of hydrogen-bond donors (Lipinski definition) is 2. The molecule has 29 heavy (non-hydrogen) atoms. The van der Waals surface area contributed by atoms with Crippen LogP contribution in [0.5, 0.6) is 5.75 Å². The van der Waals surface area contributed by atoms with Crippen LogP contribution in [0, 0.1) is 0 Å². The number of anilines is 1. The Kier molecular flexibility index (Phi) is 6.60. The van der Waals surface area contributed by atoms with E-state index in [-0.39, 0.29) is 5.91 Å². The minimum Gasteiger partial charge on any atom is -0.497 e. The Bertz CT molecular complexity index is 1070. The van der Waals surface area contributed by atoms with E-state index in [1.54, 1.807) is 61.7 Å². The van der Waals surface area contributed by atoms with Gasteiger partial charge in [-0.3, -0.25) is 9.59 Å². The summed E-state index contributed by atoms with van der Waals surface area (Å²) in [5, 5.41) is 7.04. The first-order valence-electron chi connectivity index (χ1n) is 8.70. The highest BCUT2D eigenvalue weighted by Gasteiger charge is 2.11. The van der Waals surface area contributed by atoms with Crippen molar-refractivity contribution in [1.29, 1.82) is 0 Å². The van der Waals surface area contributed by atoms with Crippen LogP contribution >= 0.6 is 11.6 Å². The lowest BCUT2D eigenvalue weighted by molar-refractivity contribution is 0.0953. The van der Waals surface area contributed by atoms with Gasteiger partial charge in [-0.25, -0.2) is 5.43 Å². The van der Waals surface area contributed by atoms with E-state index >= 15 is 0 Å². The van der Waals surface area contributed by atoms with Gasteiger partial charge in [0.2, 0.25) is 0 Å². The van der Waals surface area contributed by atoms with Crippen molar-refractivity contribution in [1.82, 2.24) is 5.43 Å². The standard InChI is InChI=1S/C22H18ClN3O3/c1-29-18-9-4-6-15(12-18)14-24-26-21(27)16-7-5-8-17(13-16)25-22(28)19-10-2-3-11-20(19)23/h2-14H,1H3,(H,25,28)(H,26,27)/b24-14-. The maximum atomic E-state index is 12.4. The van der Waals surface area contributed by atoms with E-state index in [9.17, 15) is 9.59 Å². The van der Waals surface area contributed by atoms with Gasteiger partial charge in [0.05, 0.1) is 23.9 Å². The number of nitrogens with one attached hydrogen (secondary N) is 2. The Balaban J connectivity index is 1.65. The highest BCUT2D eigenvalue weighted by Crippen LogP contribution is 2.18. The van der Waals surface area contributed by atoms with Crippen LogP contribution in [-0.4, -0.2) is 25.1 Å². The first-order chi connectivity index (χ1) is 14.1. The monoisotopic (exact) mass is 407 g/mol. The summed E-state index contributed by atoms with van der Waals surface area (Å²) >= 11 is 6.05. The van der Waals surface area contributed by atoms with Crippen LogP contribution in [0.15, 0.2) is 77.9 Å². The maximum Gasteiger partial charge on any atom is 0.271 e. The van der Waals surface area contributed by atoms with E-state index < -0.39 is 5.91 Å². The van der Waals surface area contributed by atoms with Crippen LogP contribution in [0.2, 0.25) is 5.02 Å². The Hall–Kier alpha value is -3.64. The summed E-state index contributed by atoms with van der Waals surface area (Å²) in [5.41, 5.74) is 4.42. The quantitative estimate of drug-likeness (QED) is 0.470. The lowest BCUT2D eigenvalue weighted by atomic mass is 10.1. The van der Waals surface area contributed by atoms with Crippen LogP contribution in [0.4, 0.5) is 5.69 Å². The summed E-state index contributed by atoms with van der Waals surface area (Å²) in [4.78, 5) is 24.7. The summed E-state index contributed by atoms with van der Waals surface area (Å²) < 4.78 is 5.14. The van der Waals surface area contributed by atoms with Gasteiger partial charge in [-0.15, -0.1) is 0 Å². The number of hydrogen-bond acceptors (Lipinski definition) is 4. The molecule has 0 heterocycles. The number of carbonyl (C=O) groups excluding carboxylic acids is 2. The van der Waals surface area contributed by atoms with E-state index in [0.717, 1.165) is 5.56 Å². The number of hydrazone groups is 1. The van der Waals surface area contributed by atoms with Crippen molar-refractivity contribution in [3.05, 3.63) is 94.5 Å². The normalized spacial score (nSPS) is 10.6. The van der Waals surface area contributed by atoms with Gasteiger partial charge in [0.25, 0.3) is 11.8 Å². The Morgan fingerprint density at radius 3 is 2.55 bits per heavy atom. The molecule has 0 aliphatic rings. The molecule has 0 radical (unpaired) electrons. The number of carbonyl (C=O) groups is 2. The van der Waals surface area contributed by atoms with Crippen molar-refractivity contribution in [2.75, 3.05) is 12.4 Å². The number of methoxy groups -OCH3 is 1. The van der Waals surface area contributed by atoms with Crippen molar-refractivity contribution in [2.24, 2.45) is 5.10 Å². The fraction of sp³-hybridized carbons (Fsp3) is 0.0455. The molecular formula is C22H18ClN3O3. The molecule has 146 valence electrons. The SMILES string of the molecule is COc1cccc(/C=N\NC(=O)c2cccc(NC(=O)c3ccccc3Cl)c2)c1. The molecule has 3 aromatic rings. The first kappa shape index (κ1) is 20.1. The fourth-order valence-corrected chi connectivity index (χ4v) is 2.76. The molecule has 3 aromatic carbocycles. The summed E-state index contributed by atoms with van der Waals surface area (Å²) in [6.07, 6.45) is 1.52. The van der Waals surface area contributed by atoms with E-state index in [0.29, 0.717) is 27.6 Å². The molecule has 0 aromatic heterocycles. The topological polar surface area (TPSA) is 79.8 Å². The average molecular weight is 408 g/mol. The molecule has 2 amide bonds. The second-order valence-corrected chi connectivity index (χ2v) is 6.40. The zero-order chi connectivity index (χ0) is 20.6. The number of ether oxygens (including phenoxy) is 1. The molecule has 0 aliphatic carbocycles. The third-order valence-corrected chi connectivity index (χ3v) is 4.30. The fourth-order valence-electron chi connectivity index (χ4n) is 2.53. The van der Waals surface area contributed by atoms with E-state index in [4.69, 9.17) is 16.3 Å². The summed E-state index contributed by atoms with van der Waals surface area (Å²) in [6, 6.07) is 20.6. The molecule has 3 rings (SSSR count). The van der Waals surface area contributed by atoms with Crippen molar-refractivity contribution >= 4 is 35.3 Å². The Morgan fingerprint density at radius 1 is 0.966 bits per heavy atom. The molecule has 6 nitrogen and oxygen atoms in total. The number of benzene rings is 3. The van der Waals surface area contributed by atoms with Gasteiger partial charge in [0.1, 0.15) is 5.75 Å². The molecule has 0 saturated carbocycles.